The number of imidazole rings is 1. The lowest BCUT2D eigenvalue weighted by atomic mass is 10.00. The Labute approximate surface area is 103 Å². The van der Waals surface area contributed by atoms with E-state index in [-0.39, 0.29) is 0 Å². The highest BCUT2D eigenvalue weighted by atomic mass is 79.9. The second-order valence-electron chi connectivity index (χ2n) is 4.10. The Hall–Kier alpha value is -0.870. The van der Waals surface area contributed by atoms with E-state index in [1.807, 2.05) is 12.1 Å². The summed E-state index contributed by atoms with van der Waals surface area (Å²) in [4.78, 5) is 4.64. The van der Waals surface area contributed by atoms with Gasteiger partial charge in [-0.3, -0.25) is 0 Å². The Morgan fingerprint density at radius 3 is 2.94 bits per heavy atom. The zero-order valence-corrected chi connectivity index (χ0v) is 10.5. The van der Waals surface area contributed by atoms with Crippen LogP contribution in [0, 0.1) is 0 Å². The Morgan fingerprint density at radius 2 is 2.12 bits per heavy atom. The molecule has 0 bridgehead atoms. The molecular formula is C12H13BrN2O. The summed E-state index contributed by atoms with van der Waals surface area (Å²) in [5.74, 6) is 1.68. The van der Waals surface area contributed by atoms with E-state index in [1.54, 1.807) is 0 Å². The molecule has 0 spiro atoms. The van der Waals surface area contributed by atoms with Crippen LogP contribution in [0.3, 0.4) is 0 Å². The van der Waals surface area contributed by atoms with Gasteiger partial charge in [-0.2, -0.15) is 0 Å². The predicted octanol–water partition coefficient (Wildman–Crippen LogP) is 2.99. The molecule has 84 valence electrons. The molecule has 0 radical (unpaired) electrons. The van der Waals surface area contributed by atoms with Crippen LogP contribution in [0.4, 0.5) is 0 Å². The van der Waals surface area contributed by atoms with Crippen molar-refractivity contribution in [3.8, 4) is 0 Å². The predicted molar refractivity (Wildman–Crippen MR) is 65.7 cm³/mol. The first kappa shape index (κ1) is 10.3. The van der Waals surface area contributed by atoms with Crippen LogP contribution in [0.15, 0.2) is 29.0 Å². The smallest absolute Gasteiger partial charge is 0.132 e. The first-order valence-corrected chi connectivity index (χ1v) is 6.36. The Bertz CT molecular complexity index is 503. The maximum Gasteiger partial charge on any atom is 0.132 e. The number of rotatable bonds is 1. The average molecular weight is 281 g/mol. The molecule has 1 fully saturated rings. The average Bonchev–Trinajstić information content (AvgIpc) is 2.69. The van der Waals surface area contributed by atoms with Crippen LogP contribution in [0.2, 0.25) is 0 Å². The van der Waals surface area contributed by atoms with Crippen molar-refractivity contribution in [2.24, 2.45) is 0 Å². The molecule has 0 atom stereocenters. The maximum absolute atomic E-state index is 5.39. The van der Waals surface area contributed by atoms with Crippen molar-refractivity contribution in [3.05, 3.63) is 34.8 Å². The summed E-state index contributed by atoms with van der Waals surface area (Å²) >= 11 is 3.52. The van der Waals surface area contributed by atoms with Crippen LogP contribution < -0.4 is 0 Å². The second-order valence-corrected chi connectivity index (χ2v) is 4.85. The van der Waals surface area contributed by atoms with E-state index >= 15 is 0 Å². The molecule has 0 aromatic carbocycles. The molecule has 2 aromatic heterocycles. The highest BCUT2D eigenvalue weighted by Crippen LogP contribution is 2.29. The summed E-state index contributed by atoms with van der Waals surface area (Å²) in [7, 11) is 0. The third-order valence-corrected chi connectivity index (χ3v) is 3.70. The van der Waals surface area contributed by atoms with E-state index in [0.717, 1.165) is 42.0 Å². The van der Waals surface area contributed by atoms with Crippen LogP contribution in [-0.2, 0) is 4.74 Å². The highest BCUT2D eigenvalue weighted by Gasteiger charge is 2.21. The molecule has 3 rings (SSSR count). The fourth-order valence-corrected chi connectivity index (χ4v) is 2.77. The zero-order valence-electron chi connectivity index (χ0n) is 8.90. The van der Waals surface area contributed by atoms with Gasteiger partial charge >= 0.3 is 0 Å². The van der Waals surface area contributed by atoms with Crippen LogP contribution in [0.5, 0.6) is 0 Å². The van der Waals surface area contributed by atoms with Crippen molar-refractivity contribution < 1.29 is 4.74 Å². The number of aromatic nitrogens is 2. The van der Waals surface area contributed by atoms with Gasteiger partial charge < -0.3 is 9.14 Å². The van der Waals surface area contributed by atoms with Crippen LogP contribution >= 0.6 is 15.9 Å². The summed E-state index contributed by atoms with van der Waals surface area (Å²) in [5, 5.41) is 0. The summed E-state index contributed by atoms with van der Waals surface area (Å²) in [6, 6.07) is 6.17. The standard InChI is InChI=1S/C12H13BrN2O/c13-11-10-3-1-2-6-15(10)12(14-11)9-4-7-16-8-5-9/h1-3,6,9H,4-5,7-8H2. The molecule has 3 heterocycles. The van der Waals surface area contributed by atoms with Gasteiger partial charge in [0.15, 0.2) is 0 Å². The Morgan fingerprint density at radius 1 is 1.31 bits per heavy atom. The largest absolute Gasteiger partial charge is 0.381 e. The lowest BCUT2D eigenvalue weighted by molar-refractivity contribution is 0.0835. The minimum Gasteiger partial charge on any atom is -0.381 e. The molecule has 4 heteroatoms. The van der Waals surface area contributed by atoms with Crippen molar-refractivity contribution in [1.29, 1.82) is 0 Å². The third-order valence-electron chi connectivity index (χ3n) is 3.12. The van der Waals surface area contributed by atoms with Crippen LogP contribution in [-0.4, -0.2) is 22.6 Å². The lowest BCUT2D eigenvalue weighted by Crippen LogP contribution is -2.16. The minimum absolute atomic E-state index is 0.523. The molecule has 0 amide bonds. The SMILES string of the molecule is Brc1nc(C2CCOCC2)n2ccccc12. The summed E-state index contributed by atoms with van der Waals surface area (Å²) in [6.45, 7) is 1.70. The normalized spacial score (nSPS) is 18.1. The molecule has 0 N–H and O–H groups in total. The molecule has 0 saturated carbocycles. The van der Waals surface area contributed by atoms with Gasteiger partial charge in [0.05, 0.1) is 5.52 Å². The Kier molecular flexibility index (Phi) is 2.69. The number of ether oxygens (including phenoxy) is 1. The highest BCUT2D eigenvalue weighted by molar-refractivity contribution is 9.10. The molecule has 1 aliphatic rings. The number of fused-ring (bicyclic) bond motifs is 1. The van der Waals surface area contributed by atoms with Crippen molar-refractivity contribution in [1.82, 2.24) is 9.38 Å². The topological polar surface area (TPSA) is 26.5 Å². The van der Waals surface area contributed by atoms with Crippen molar-refractivity contribution in [3.63, 3.8) is 0 Å². The van der Waals surface area contributed by atoms with E-state index < -0.39 is 0 Å². The summed E-state index contributed by atoms with van der Waals surface area (Å²) in [6.07, 6.45) is 4.22. The van der Waals surface area contributed by atoms with Gasteiger partial charge in [-0.05, 0) is 40.9 Å². The number of nitrogens with zero attached hydrogens (tertiary/aromatic N) is 2. The molecule has 0 aliphatic carbocycles. The van der Waals surface area contributed by atoms with Gasteiger partial charge in [-0.1, -0.05) is 6.07 Å². The van der Waals surface area contributed by atoms with Crippen molar-refractivity contribution in [2.45, 2.75) is 18.8 Å². The fraction of sp³-hybridized carbons (Fsp3) is 0.417. The van der Waals surface area contributed by atoms with E-state index in [0.29, 0.717) is 5.92 Å². The second kappa shape index (κ2) is 4.18. The van der Waals surface area contributed by atoms with Crippen molar-refractivity contribution in [2.75, 3.05) is 13.2 Å². The lowest BCUT2D eigenvalue weighted by Gasteiger charge is -2.20. The molecule has 16 heavy (non-hydrogen) atoms. The zero-order chi connectivity index (χ0) is 11.0. The van der Waals surface area contributed by atoms with Gasteiger partial charge in [-0.15, -0.1) is 0 Å². The number of halogens is 1. The van der Waals surface area contributed by atoms with Gasteiger partial charge in [0.1, 0.15) is 10.4 Å². The van der Waals surface area contributed by atoms with Crippen molar-refractivity contribution >= 4 is 21.4 Å². The first-order chi connectivity index (χ1) is 7.86. The number of hydrogen-bond acceptors (Lipinski definition) is 2. The molecule has 2 aromatic rings. The van der Waals surface area contributed by atoms with E-state index in [1.165, 1.54) is 0 Å². The van der Waals surface area contributed by atoms with E-state index in [9.17, 15) is 0 Å². The van der Waals surface area contributed by atoms with E-state index in [2.05, 4.69) is 37.6 Å². The third kappa shape index (κ3) is 1.66. The first-order valence-electron chi connectivity index (χ1n) is 5.56. The quantitative estimate of drug-likeness (QED) is 0.803. The molecule has 0 unspecified atom stereocenters. The molecule has 3 nitrogen and oxygen atoms in total. The van der Waals surface area contributed by atoms with Crippen LogP contribution in [0.25, 0.3) is 5.52 Å². The molecule has 1 aliphatic heterocycles. The van der Waals surface area contributed by atoms with Gasteiger partial charge in [0, 0.05) is 25.3 Å². The molecular weight excluding hydrogens is 268 g/mol. The summed E-state index contributed by atoms with van der Waals surface area (Å²) in [5.41, 5.74) is 1.14. The van der Waals surface area contributed by atoms with Gasteiger partial charge in [-0.25, -0.2) is 4.98 Å². The maximum atomic E-state index is 5.39. The number of pyridine rings is 1. The van der Waals surface area contributed by atoms with Gasteiger partial charge in [0.25, 0.3) is 0 Å². The molecule has 1 saturated heterocycles. The van der Waals surface area contributed by atoms with Crippen LogP contribution in [0.1, 0.15) is 24.6 Å². The monoisotopic (exact) mass is 280 g/mol. The summed E-state index contributed by atoms with van der Waals surface area (Å²) < 4.78 is 8.51. The van der Waals surface area contributed by atoms with Gasteiger partial charge in [0.2, 0.25) is 0 Å². The fourth-order valence-electron chi connectivity index (χ4n) is 2.27. The Balaban J connectivity index is 2.08. The minimum atomic E-state index is 0.523. The van der Waals surface area contributed by atoms with E-state index in [4.69, 9.17) is 4.74 Å². The number of hydrogen-bond donors (Lipinski definition) is 0.